The first-order chi connectivity index (χ1) is 22.1. The molecule has 0 aromatic heterocycles. The first-order valence-corrected chi connectivity index (χ1v) is 14.8. The van der Waals surface area contributed by atoms with Crippen LogP contribution in [0.15, 0.2) is 54.6 Å². The van der Waals surface area contributed by atoms with E-state index in [9.17, 15) is 14.4 Å². The molecule has 0 atom stereocenters. The molecule has 0 spiro atoms. The topological polar surface area (TPSA) is 138 Å². The van der Waals surface area contributed by atoms with Crippen LogP contribution in [0.5, 0.6) is 23.0 Å². The molecule has 2 aliphatic rings. The summed E-state index contributed by atoms with van der Waals surface area (Å²) in [7, 11) is 0. The highest BCUT2D eigenvalue weighted by molar-refractivity contribution is 6.13. The van der Waals surface area contributed by atoms with Gasteiger partial charge in [-0.3, -0.25) is 19.3 Å². The molecule has 0 bridgehead atoms. The number of benzene rings is 2. The van der Waals surface area contributed by atoms with Gasteiger partial charge in [-0.25, -0.2) is 0 Å². The van der Waals surface area contributed by atoms with E-state index in [4.69, 9.17) is 42.6 Å². The normalized spacial score (nSPS) is 17.8. The number of imide groups is 1. The van der Waals surface area contributed by atoms with E-state index in [1.54, 1.807) is 18.2 Å². The van der Waals surface area contributed by atoms with Gasteiger partial charge in [0.15, 0.2) is 23.0 Å². The van der Waals surface area contributed by atoms with Crippen LogP contribution >= 0.6 is 0 Å². The van der Waals surface area contributed by atoms with Crippen molar-refractivity contribution < 1.29 is 57.0 Å². The number of fused-ring (bicyclic) bond motifs is 2. The molecule has 2 aromatic carbocycles. The van der Waals surface area contributed by atoms with E-state index >= 15 is 0 Å². The number of carbonyl (C=O) groups is 3. The number of hydrogen-bond donors (Lipinski definition) is 0. The van der Waals surface area contributed by atoms with E-state index in [-0.39, 0.29) is 32.8 Å². The molecule has 0 radical (unpaired) electrons. The van der Waals surface area contributed by atoms with E-state index in [2.05, 4.69) is 0 Å². The summed E-state index contributed by atoms with van der Waals surface area (Å²) in [6.07, 6.45) is 2.24. The Kier molecular flexibility index (Phi) is 14.4. The first-order valence-electron chi connectivity index (χ1n) is 14.8. The van der Waals surface area contributed by atoms with Crippen LogP contribution in [0.4, 0.5) is 0 Å². The lowest BCUT2D eigenvalue weighted by Gasteiger charge is -2.16. The number of ether oxygens (including phenoxy) is 9. The molecule has 13 heteroatoms. The molecular formula is C32H39NO12. The van der Waals surface area contributed by atoms with Gasteiger partial charge in [0.2, 0.25) is 0 Å². The number of esters is 1. The molecular weight excluding hydrogens is 590 g/mol. The molecule has 0 N–H and O–H groups in total. The maximum Gasteiger partial charge on any atom is 0.307 e. The van der Waals surface area contributed by atoms with Gasteiger partial charge < -0.3 is 42.6 Å². The Morgan fingerprint density at radius 3 is 1.56 bits per heavy atom. The molecule has 0 fully saturated rings. The Balaban J connectivity index is 1.24. The molecule has 0 aliphatic carbocycles. The van der Waals surface area contributed by atoms with Crippen molar-refractivity contribution in [2.45, 2.75) is 13.0 Å². The second-order valence-electron chi connectivity index (χ2n) is 9.64. The van der Waals surface area contributed by atoms with Crippen LogP contribution in [0, 0.1) is 0 Å². The number of nitrogens with zero attached hydrogens (tertiary/aromatic N) is 1. The van der Waals surface area contributed by atoms with Crippen LogP contribution < -0.4 is 18.9 Å². The van der Waals surface area contributed by atoms with E-state index in [1.807, 2.05) is 24.3 Å². The Hall–Kier alpha value is -4.17. The van der Waals surface area contributed by atoms with Gasteiger partial charge in [0.25, 0.3) is 11.8 Å². The van der Waals surface area contributed by atoms with Crippen LogP contribution in [-0.4, -0.2) is 109 Å². The maximum absolute atomic E-state index is 12.2. The highest BCUT2D eigenvalue weighted by atomic mass is 16.6. The number of para-hydroxylation sites is 2. The number of amides is 2. The van der Waals surface area contributed by atoms with Crippen molar-refractivity contribution in [2.24, 2.45) is 0 Å². The first kappa shape index (κ1) is 33.7. The van der Waals surface area contributed by atoms with E-state index < -0.39 is 17.8 Å². The molecule has 2 heterocycles. The summed E-state index contributed by atoms with van der Waals surface area (Å²) in [6, 6.07) is 12.7. The van der Waals surface area contributed by atoms with Gasteiger partial charge in [-0.1, -0.05) is 18.2 Å². The third kappa shape index (κ3) is 12.0. The second kappa shape index (κ2) is 19.3. The molecule has 2 aromatic rings. The average Bonchev–Trinajstić information content (AvgIpc) is 3.37. The van der Waals surface area contributed by atoms with Crippen molar-refractivity contribution in [2.75, 3.05) is 85.8 Å². The van der Waals surface area contributed by atoms with Gasteiger partial charge in [-0.15, -0.1) is 0 Å². The van der Waals surface area contributed by atoms with Gasteiger partial charge in [-0.05, 0) is 29.8 Å². The van der Waals surface area contributed by atoms with Crippen molar-refractivity contribution in [1.29, 1.82) is 0 Å². The summed E-state index contributed by atoms with van der Waals surface area (Å²) in [6.45, 7) is 4.21. The molecule has 13 nitrogen and oxygen atoms in total. The highest BCUT2D eigenvalue weighted by Crippen LogP contribution is 2.29. The highest BCUT2D eigenvalue weighted by Gasteiger charge is 2.24. The fourth-order valence-electron chi connectivity index (χ4n) is 4.14. The Bertz CT molecular complexity index is 1250. The van der Waals surface area contributed by atoms with Gasteiger partial charge in [0.05, 0.1) is 59.3 Å². The number of carbonyl (C=O) groups excluding carboxylic acids is 3. The summed E-state index contributed by atoms with van der Waals surface area (Å²) < 4.78 is 51.2. The second-order valence-corrected chi connectivity index (χ2v) is 9.64. The fraction of sp³-hybridized carbons (Fsp3) is 0.469. The van der Waals surface area contributed by atoms with Crippen molar-refractivity contribution in [3.05, 3.63) is 60.2 Å². The largest absolute Gasteiger partial charge is 0.487 e. The number of rotatable bonds is 5. The van der Waals surface area contributed by atoms with Crippen molar-refractivity contribution >= 4 is 17.8 Å². The predicted octanol–water partition coefficient (Wildman–Crippen LogP) is 2.34. The summed E-state index contributed by atoms with van der Waals surface area (Å²) >= 11 is 0. The molecule has 2 amide bonds. The van der Waals surface area contributed by atoms with Crippen LogP contribution in [0.25, 0.3) is 0 Å². The third-order valence-corrected chi connectivity index (χ3v) is 6.38. The SMILES string of the molecule is O=C(CCN1C(=O)C=CC1=O)OCc1ccc2c(c1)OCCOCCOCCOc1ccccc1OCCOCCOCCO2. The van der Waals surface area contributed by atoms with Crippen LogP contribution in [-0.2, 0) is 44.7 Å². The van der Waals surface area contributed by atoms with Gasteiger partial charge in [0, 0.05) is 18.7 Å². The van der Waals surface area contributed by atoms with Crippen molar-refractivity contribution in [1.82, 2.24) is 4.90 Å². The third-order valence-electron chi connectivity index (χ3n) is 6.38. The van der Waals surface area contributed by atoms with Crippen LogP contribution in [0.1, 0.15) is 12.0 Å². The van der Waals surface area contributed by atoms with Gasteiger partial charge in [-0.2, -0.15) is 0 Å². The molecule has 0 saturated heterocycles. The zero-order chi connectivity index (χ0) is 31.5. The summed E-state index contributed by atoms with van der Waals surface area (Å²) in [5.74, 6) is 0.813. The standard InChI is InChI=1S/C32H39NO12/c34-30-7-8-31(35)33(30)10-9-32(36)45-24-25-5-6-28-29(23-25)44-22-18-40-14-13-38-16-20-42-27-4-2-1-3-26(27)41-19-15-37-11-12-39-17-21-43-28/h1-8,23H,9-22,24H2. The Labute approximate surface area is 261 Å². The summed E-state index contributed by atoms with van der Waals surface area (Å²) in [4.78, 5) is 36.5. The van der Waals surface area contributed by atoms with Gasteiger partial charge in [0.1, 0.15) is 33.0 Å². The minimum Gasteiger partial charge on any atom is -0.487 e. The number of hydrogen-bond acceptors (Lipinski definition) is 12. The van der Waals surface area contributed by atoms with E-state index in [0.717, 1.165) is 4.90 Å². The Morgan fingerprint density at radius 2 is 1.04 bits per heavy atom. The van der Waals surface area contributed by atoms with Crippen LogP contribution in [0.3, 0.4) is 0 Å². The lowest BCUT2D eigenvalue weighted by atomic mass is 10.2. The summed E-state index contributed by atoms with van der Waals surface area (Å²) in [5.41, 5.74) is 0.672. The zero-order valence-electron chi connectivity index (χ0n) is 25.1. The average molecular weight is 630 g/mol. The van der Waals surface area contributed by atoms with E-state index in [0.29, 0.717) is 94.6 Å². The molecule has 45 heavy (non-hydrogen) atoms. The molecule has 244 valence electrons. The monoisotopic (exact) mass is 629 g/mol. The van der Waals surface area contributed by atoms with E-state index in [1.165, 1.54) is 12.2 Å². The predicted molar refractivity (Wildman–Crippen MR) is 158 cm³/mol. The molecule has 0 unspecified atom stereocenters. The molecule has 4 rings (SSSR count). The lowest BCUT2D eigenvalue weighted by molar-refractivity contribution is -0.146. The minimum absolute atomic E-state index is 0.0209. The smallest absolute Gasteiger partial charge is 0.307 e. The van der Waals surface area contributed by atoms with Crippen molar-refractivity contribution in [3.63, 3.8) is 0 Å². The lowest BCUT2D eigenvalue weighted by Crippen LogP contribution is -2.32. The minimum atomic E-state index is -0.539. The fourth-order valence-corrected chi connectivity index (χ4v) is 4.14. The quantitative estimate of drug-likeness (QED) is 0.355. The van der Waals surface area contributed by atoms with Gasteiger partial charge >= 0.3 is 5.97 Å². The Morgan fingerprint density at radius 1 is 0.600 bits per heavy atom. The molecule has 2 aliphatic heterocycles. The summed E-state index contributed by atoms with van der Waals surface area (Å²) in [5, 5.41) is 0. The van der Waals surface area contributed by atoms with Crippen LogP contribution in [0.2, 0.25) is 0 Å². The van der Waals surface area contributed by atoms with Crippen molar-refractivity contribution in [3.8, 4) is 23.0 Å². The molecule has 0 saturated carbocycles. The maximum atomic E-state index is 12.2. The zero-order valence-corrected chi connectivity index (χ0v) is 25.1.